The molecule has 0 aliphatic carbocycles. The Balaban J connectivity index is 2.58. The fourth-order valence-corrected chi connectivity index (χ4v) is 3.12. The number of halogens is 1. The van der Waals surface area contributed by atoms with Gasteiger partial charge in [0.05, 0.1) is 0 Å². The van der Waals surface area contributed by atoms with Crippen LogP contribution in [0.15, 0.2) is 18.2 Å². The minimum atomic E-state index is -1.20. The molecule has 0 aliphatic heterocycles. The van der Waals surface area contributed by atoms with Gasteiger partial charge in [-0.15, -0.1) is 0 Å². The number of hydrogen-bond donors (Lipinski definition) is 2. The van der Waals surface area contributed by atoms with Crippen molar-refractivity contribution in [3.63, 3.8) is 0 Å². The number of carbonyl (C=O) groups is 2. The summed E-state index contributed by atoms with van der Waals surface area (Å²) in [6, 6.07) is 6.32. The first-order valence-corrected chi connectivity index (χ1v) is 8.24. The summed E-state index contributed by atoms with van der Waals surface area (Å²) in [5.74, 6) is -1.44. The van der Waals surface area contributed by atoms with E-state index in [4.69, 9.17) is 22.0 Å². The molecule has 6 nitrogen and oxygen atoms in total. The summed E-state index contributed by atoms with van der Waals surface area (Å²) < 4.78 is -0.542. The fourth-order valence-electron chi connectivity index (χ4n) is 1.72. The SMILES string of the molecule is N#Cc1nc(C(=O)[As]CC(=O)O)c(O)c2ccc(Cl)cc12. The first-order valence-electron chi connectivity index (χ1n) is 5.60. The van der Waals surface area contributed by atoms with Gasteiger partial charge < -0.3 is 0 Å². The molecule has 0 unspecified atom stereocenters. The Hall–Kier alpha value is -2.09. The van der Waals surface area contributed by atoms with Gasteiger partial charge in [0.1, 0.15) is 0 Å². The van der Waals surface area contributed by atoms with Gasteiger partial charge in [-0.25, -0.2) is 0 Å². The molecule has 1 aromatic heterocycles. The van der Waals surface area contributed by atoms with Crippen molar-refractivity contribution in [2.24, 2.45) is 0 Å². The number of aromatic nitrogens is 1. The van der Waals surface area contributed by atoms with E-state index in [2.05, 4.69) is 4.98 Å². The monoisotopic (exact) mass is 365 g/mol. The topological polar surface area (TPSA) is 111 Å². The van der Waals surface area contributed by atoms with Crippen LogP contribution in [0.3, 0.4) is 0 Å². The van der Waals surface area contributed by atoms with Crippen molar-refractivity contribution in [1.29, 1.82) is 5.26 Å². The number of fused-ring (bicyclic) bond motifs is 1. The number of nitrogens with zero attached hydrogens (tertiary/aromatic N) is 2. The summed E-state index contributed by atoms with van der Waals surface area (Å²) in [4.78, 5) is 26.3. The molecule has 2 N–H and O–H groups in total. The third-order valence-electron chi connectivity index (χ3n) is 2.61. The van der Waals surface area contributed by atoms with Crippen LogP contribution in [0, 0.1) is 11.3 Å². The van der Waals surface area contributed by atoms with E-state index in [1.54, 1.807) is 0 Å². The number of nitriles is 1. The van der Waals surface area contributed by atoms with Crippen LogP contribution in [0.5, 0.6) is 5.75 Å². The summed E-state index contributed by atoms with van der Waals surface area (Å²) in [5, 5.41) is 28.6. The molecule has 8 heteroatoms. The van der Waals surface area contributed by atoms with Crippen LogP contribution in [0.4, 0.5) is 0 Å². The van der Waals surface area contributed by atoms with Crippen molar-refractivity contribution >= 4 is 48.7 Å². The van der Waals surface area contributed by atoms with Crippen molar-refractivity contribution in [3.8, 4) is 11.8 Å². The second-order valence-corrected chi connectivity index (χ2v) is 6.59. The predicted octanol–water partition coefficient (Wildman–Crippen LogP) is 1.81. The molecule has 2 rings (SSSR count). The second kappa shape index (κ2) is 6.13. The zero-order chi connectivity index (χ0) is 15.6. The summed E-state index contributed by atoms with van der Waals surface area (Å²) in [7, 11) is 0. The van der Waals surface area contributed by atoms with Crippen molar-refractivity contribution in [1.82, 2.24) is 4.98 Å². The molecule has 0 saturated heterocycles. The first-order chi connectivity index (χ1) is 9.93. The molecule has 0 spiro atoms. The molecule has 1 radical (unpaired) electrons. The Morgan fingerprint density at radius 2 is 2.10 bits per heavy atom. The van der Waals surface area contributed by atoms with Gasteiger partial charge in [-0.1, -0.05) is 0 Å². The molecular formula is C13H7AsClN2O4. The van der Waals surface area contributed by atoms with Gasteiger partial charge in [-0.2, -0.15) is 0 Å². The number of carboxylic acids is 1. The molecule has 0 aliphatic rings. The maximum atomic E-state index is 12.0. The van der Waals surface area contributed by atoms with E-state index in [9.17, 15) is 14.7 Å². The van der Waals surface area contributed by atoms with Gasteiger partial charge in [0, 0.05) is 0 Å². The Kier molecular flexibility index (Phi) is 4.46. The standard InChI is InChI=1S/C13H7AsClN2O4/c15-6-1-2-7-8(3-6)9(5-16)17-11(12(7)20)13(21)14-4-10(18)19/h1-3,20H,4H2,(H,18,19). The number of aliphatic carboxylic acids is 1. The summed E-state index contributed by atoms with van der Waals surface area (Å²) in [6.45, 7) is 0. The normalized spacial score (nSPS) is 10.9. The molecule has 1 aromatic carbocycles. The van der Waals surface area contributed by atoms with Crippen LogP contribution in [0.1, 0.15) is 16.2 Å². The van der Waals surface area contributed by atoms with Crippen molar-refractivity contribution in [3.05, 3.63) is 34.6 Å². The molecule has 0 fully saturated rings. The Morgan fingerprint density at radius 3 is 2.71 bits per heavy atom. The van der Waals surface area contributed by atoms with Crippen molar-refractivity contribution in [2.75, 3.05) is 0 Å². The quantitative estimate of drug-likeness (QED) is 0.799. The van der Waals surface area contributed by atoms with E-state index < -0.39 is 26.3 Å². The van der Waals surface area contributed by atoms with E-state index in [1.807, 2.05) is 6.07 Å². The molecule has 0 bridgehead atoms. The molecular weight excluding hydrogens is 359 g/mol. The number of carboxylic acid groups (broad SMARTS) is 1. The summed E-state index contributed by atoms with van der Waals surface area (Å²) in [5.41, 5.74) is -0.298. The van der Waals surface area contributed by atoms with Gasteiger partial charge in [-0.3, -0.25) is 0 Å². The minimum absolute atomic E-state index is 0.0369. The van der Waals surface area contributed by atoms with Gasteiger partial charge in [0.15, 0.2) is 0 Å². The first kappa shape index (κ1) is 15.3. The fraction of sp³-hybridized carbons (Fsp3) is 0.0769. The van der Waals surface area contributed by atoms with E-state index in [0.29, 0.717) is 10.4 Å². The van der Waals surface area contributed by atoms with E-state index in [1.165, 1.54) is 18.2 Å². The number of aromatic hydroxyl groups is 1. The number of rotatable bonds is 4. The molecule has 1 heterocycles. The van der Waals surface area contributed by atoms with E-state index in [0.717, 1.165) is 0 Å². The van der Waals surface area contributed by atoms with Gasteiger partial charge in [0.25, 0.3) is 0 Å². The van der Waals surface area contributed by atoms with Crippen LogP contribution in [0.25, 0.3) is 10.8 Å². The molecule has 0 amide bonds. The van der Waals surface area contributed by atoms with Crippen molar-refractivity contribution in [2.45, 2.75) is 5.21 Å². The summed E-state index contributed by atoms with van der Waals surface area (Å²) >= 11 is 4.64. The zero-order valence-electron chi connectivity index (χ0n) is 10.4. The molecule has 105 valence electrons. The third-order valence-corrected chi connectivity index (χ3v) is 4.79. The average Bonchev–Trinajstić information content (AvgIpc) is 2.45. The van der Waals surface area contributed by atoms with Gasteiger partial charge in [-0.05, 0) is 0 Å². The number of pyridine rings is 1. The number of hydrogen-bond acceptors (Lipinski definition) is 5. The Labute approximate surface area is 130 Å². The Morgan fingerprint density at radius 1 is 1.38 bits per heavy atom. The van der Waals surface area contributed by atoms with E-state index in [-0.39, 0.29) is 27.7 Å². The maximum absolute atomic E-state index is 12.0. The van der Waals surface area contributed by atoms with Gasteiger partial charge >= 0.3 is 130 Å². The third kappa shape index (κ3) is 3.15. The molecule has 0 saturated carbocycles. The number of benzene rings is 1. The average molecular weight is 366 g/mol. The summed E-state index contributed by atoms with van der Waals surface area (Å²) in [6.07, 6.45) is 0. The van der Waals surface area contributed by atoms with Crippen LogP contribution < -0.4 is 0 Å². The molecule has 21 heavy (non-hydrogen) atoms. The van der Waals surface area contributed by atoms with Gasteiger partial charge in [0.2, 0.25) is 0 Å². The van der Waals surface area contributed by atoms with E-state index >= 15 is 0 Å². The van der Waals surface area contributed by atoms with Crippen LogP contribution in [0.2, 0.25) is 10.2 Å². The van der Waals surface area contributed by atoms with Crippen LogP contribution in [-0.2, 0) is 4.79 Å². The predicted molar refractivity (Wildman–Crippen MR) is 75.7 cm³/mol. The second-order valence-electron chi connectivity index (χ2n) is 3.97. The van der Waals surface area contributed by atoms with Crippen LogP contribution in [-0.4, -0.2) is 41.5 Å². The van der Waals surface area contributed by atoms with Crippen LogP contribution >= 0.6 is 11.6 Å². The zero-order valence-corrected chi connectivity index (χ0v) is 13.0. The Bertz CT molecular complexity index is 801. The molecule has 2 aromatic rings. The molecule has 0 atom stereocenters. The number of carbonyl (C=O) groups excluding carboxylic acids is 1. The van der Waals surface area contributed by atoms with Crippen molar-refractivity contribution < 1.29 is 19.8 Å².